The predicted molar refractivity (Wildman–Crippen MR) is 83.7 cm³/mol. The number of aliphatic hydroxyl groups is 1. The van der Waals surface area contributed by atoms with Gasteiger partial charge in [0, 0.05) is 29.9 Å². The van der Waals surface area contributed by atoms with Crippen LogP contribution in [0.2, 0.25) is 5.02 Å². The van der Waals surface area contributed by atoms with Gasteiger partial charge in [-0.25, -0.2) is 4.68 Å². The van der Waals surface area contributed by atoms with Crippen LogP contribution in [0.5, 0.6) is 0 Å². The summed E-state index contributed by atoms with van der Waals surface area (Å²) in [6.07, 6.45) is 6.66. The summed E-state index contributed by atoms with van der Waals surface area (Å²) in [5.41, 5.74) is 2.16. The first kappa shape index (κ1) is 14.6. The van der Waals surface area contributed by atoms with Gasteiger partial charge in [0.2, 0.25) is 0 Å². The minimum Gasteiger partial charge on any atom is -0.393 e. The van der Waals surface area contributed by atoms with Crippen LogP contribution in [-0.4, -0.2) is 39.0 Å². The lowest BCUT2D eigenvalue weighted by Gasteiger charge is -2.18. The summed E-state index contributed by atoms with van der Waals surface area (Å²) in [6.45, 7) is 2.87. The number of hydrogen-bond acceptors (Lipinski definition) is 3. The molecule has 1 atom stereocenters. The van der Waals surface area contributed by atoms with Crippen LogP contribution in [0, 0.1) is 0 Å². The Labute approximate surface area is 130 Å². The molecule has 1 aromatic heterocycles. The number of likely N-dealkylation sites (tertiary alicyclic amines) is 1. The highest BCUT2D eigenvalue weighted by Gasteiger charge is 2.15. The summed E-state index contributed by atoms with van der Waals surface area (Å²) in [5, 5.41) is 14.8. The molecular weight excluding hydrogens is 286 g/mol. The largest absolute Gasteiger partial charge is 0.393 e. The Balaban J connectivity index is 1.67. The maximum atomic E-state index is 9.70. The maximum absolute atomic E-state index is 9.70. The Morgan fingerprint density at radius 3 is 3.05 bits per heavy atom. The monoisotopic (exact) mass is 305 g/mol. The number of rotatable bonds is 3. The van der Waals surface area contributed by atoms with Crippen LogP contribution in [0.15, 0.2) is 36.7 Å². The van der Waals surface area contributed by atoms with Gasteiger partial charge in [-0.15, -0.1) is 0 Å². The highest BCUT2D eigenvalue weighted by Crippen LogP contribution is 2.17. The molecule has 0 radical (unpaired) electrons. The van der Waals surface area contributed by atoms with E-state index in [1.807, 2.05) is 41.3 Å². The molecule has 1 fully saturated rings. The van der Waals surface area contributed by atoms with Gasteiger partial charge in [-0.1, -0.05) is 17.7 Å². The summed E-state index contributed by atoms with van der Waals surface area (Å²) in [6, 6.07) is 7.68. The summed E-state index contributed by atoms with van der Waals surface area (Å²) < 4.78 is 1.86. The van der Waals surface area contributed by atoms with Crippen molar-refractivity contribution >= 4 is 11.6 Å². The molecule has 0 spiro atoms. The molecule has 2 aromatic rings. The summed E-state index contributed by atoms with van der Waals surface area (Å²) >= 11 is 6.02. The molecule has 4 nitrogen and oxygen atoms in total. The Bertz CT molecular complexity index is 599. The second-order valence-corrected chi connectivity index (χ2v) is 6.07. The van der Waals surface area contributed by atoms with Crippen LogP contribution in [-0.2, 0) is 6.54 Å². The van der Waals surface area contributed by atoms with E-state index < -0.39 is 0 Å². The van der Waals surface area contributed by atoms with Crippen LogP contribution >= 0.6 is 11.6 Å². The molecule has 0 saturated carbocycles. The Morgan fingerprint density at radius 2 is 2.19 bits per heavy atom. The Kier molecular flexibility index (Phi) is 4.58. The third-order valence-electron chi connectivity index (χ3n) is 3.91. The van der Waals surface area contributed by atoms with Gasteiger partial charge in [0.15, 0.2) is 0 Å². The average Bonchev–Trinajstić information content (AvgIpc) is 2.83. The normalized spacial score (nSPS) is 20.4. The van der Waals surface area contributed by atoms with Crippen LogP contribution in [0.3, 0.4) is 0 Å². The fourth-order valence-corrected chi connectivity index (χ4v) is 2.94. The number of aromatic nitrogens is 2. The molecule has 112 valence electrons. The second-order valence-electron chi connectivity index (χ2n) is 5.63. The van der Waals surface area contributed by atoms with Crippen LogP contribution in [0.4, 0.5) is 0 Å². The number of benzene rings is 1. The van der Waals surface area contributed by atoms with Crippen LogP contribution in [0.25, 0.3) is 5.69 Å². The molecular formula is C16H20ClN3O. The molecule has 1 aromatic carbocycles. The van der Waals surface area contributed by atoms with Crippen molar-refractivity contribution in [2.75, 3.05) is 13.1 Å². The highest BCUT2D eigenvalue weighted by molar-refractivity contribution is 6.30. The SMILES string of the molecule is OC1CCCN(Cc2cnn(-c3cccc(Cl)c3)c2)CC1. The van der Waals surface area contributed by atoms with E-state index in [4.69, 9.17) is 11.6 Å². The first-order chi connectivity index (χ1) is 10.2. The first-order valence-corrected chi connectivity index (χ1v) is 7.78. The zero-order valence-electron chi connectivity index (χ0n) is 12.0. The van der Waals surface area contributed by atoms with Crippen LogP contribution in [0.1, 0.15) is 24.8 Å². The molecule has 0 aliphatic carbocycles. The summed E-state index contributed by atoms with van der Waals surface area (Å²) in [5.74, 6) is 0. The standard InChI is InChI=1S/C16H20ClN3O/c17-14-3-1-4-15(9-14)20-12-13(10-18-20)11-19-7-2-5-16(21)6-8-19/h1,3-4,9-10,12,16,21H,2,5-8,11H2. The zero-order chi connectivity index (χ0) is 14.7. The number of hydrogen-bond donors (Lipinski definition) is 1. The smallest absolute Gasteiger partial charge is 0.0660 e. The van der Waals surface area contributed by atoms with Crippen molar-refractivity contribution in [3.63, 3.8) is 0 Å². The lowest BCUT2D eigenvalue weighted by atomic mass is 10.2. The van der Waals surface area contributed by atoms with E-state index in [-0.39, 0.29) is 6.10 Å². The molecule has 1 N–H and O–H groups in total. The van der Waals surface area contributed by atoms with Gasteiger partial charge in [0.25, 0.3) is 0 Å². The van der Waals surface area contributed by atoms with Gasteiger partial charge in [-0.05, 0) is 44.0 Å². The molecule has 0 amide bonds. The third-order valence-corrected chi connectivity index (χ3v) is 4.14. The minimum atomic E-state index is -0.135. The van der Waals surface area contributed by atoms with Gasteiger partial charge in [-0.2, -0.15) is 5.10 Å². The quantitative estimate of drug-likeness (QED) is 0.948. The third kappa shape index (κ3) is 3.84. The van der Waals surface area contributed by atoms with Crippen molar-refractivity contribution in [2.24, 2.45) is 0 Å². The van der Waals surface area contributed by atoms with Crippen molar-refractivity contribution < 1.29 is 5.11 Å². The molecule has 21 heavy (non-hydrogen) atoms. The zero-order valence-corrected chi connectivity index (χ0v) is 12.7. The van der Waals surface area contributed by atoms with E-state index in [2.05, 4.69) is 10.00 Å². The summed E-state index contributed by atoms with van der Waals surface area (Å²) in [7, 11) is 0. The lowest BCUT2D eigenvalue weighted by molar-refractivity contribution is 0.154. The molecule has 0 bridgehead atoms. The fraction of sp³-hybridized carbons (Fsp3) is 0.438. The van der Waals surface area contributed by atoms with Crippen molar-refractivity contribution in [3.8, 4) is 5.69 Å². The van der Waals surface area contributed by atoms with Gasteiger partial charge >= 0.3 is 0 Å². The number of nitrogens with zero attached hydrogens (tertiary/aromatic N) is 3. The average molecular weight is 306 g/mol. The van der Waals surface area contributed by atoms with Crippen molar-refractivity contribution in [3.05, 3.63) is 47.2 Å². The van der Waals surface area contributed by atoms with E-state index in [1.165, 1.54) is 5.56 Å². The number of aliphatic hydroxyl groups excluding tert-OH is 1. The summed E-state index contributed by atoms with van der Waals surface area (Å²) in [4.78, 5) is 2.38. The lowest BCUT2D eigenvalue weighted by Crippen LogP contribution is -2.24. The van der Waals surface area contributed by atoms with Gasteiger partial charge in [0.1, 0.15) is 0 Å². The second kappa shape index (κ2) is 6.60. The molecule has 2 heterocycles. The minimum absolute atomic E-state index is 0.135. The fourth-order valence-electron chi connectivity index (χ4n) is 2.76. The molecule has 1 aliphatic rings. The molecule has 1 aliphatic heterocycles. The number of halogens is 1. The maximum Gasteiger partial charge on any atom is 0.0660 e. The highest BCUT2D eigenvalue weighted by atomic mass is 35.5. The molecule has 3 rings (SSSR count). The van der Waals surface area contributed by atoms with Gasteiger partial charge in [-0.3, -0.25) is 4.90 Å². The first-order valence-electron chi connectivity index (χ1n) is 7.40. The van der Waals surface area contributed by atoms with Crippen molar-refractivity contribution in [2.45, 2.75) is 31.9 Å². The predicted octanol–water partition coefficient (Wildman–Crippen LogP) is 2.87. The Hall–Kier alpha value is -1.36. The van der Waals surface area contributed by atoms with Gasteiger partial charge < -0.3 is 5.11 Å². The molecule has 1 unspecified atom stereocenters. The molecule has 5 heteroatoms. The van der Waals surface area contributed by atoms with E-state index >= 15 is 0 Å². The van der Waals surface area contributed by atoms with Crippen molar-refractivity contribution in [1.29, 1.82) is 0 Å². The Morgan fingerprint density at radius 1 is 1.29 bits per heavy atom. The van der Waals surface area contributed by atoms with E-state index in [1.54, 1.807) is 0 Å². The topological polar surface area (TPSA) is 41.3 Å². The van der Waals surface area contributed by atoms with E-state index in [9.17, 15) is 5.11 Å². The van der Waals surface area contributed by atoms with Crippen molar-refractivity contribution in [1.82, 2.24) is 14.7 Å². The van der Waals surface area contributed by atoms with E-state index in [0.717, 1.165) is 44.6 Å². The van der Waals surface area contributed by atoms with E-state index in [0.29, 0.717) is 5.02 Å². The van der Waals surface area contributed by atoms with Crippen LogP contribution < -0.4 is 0 Å². The van der Waals surface area contributed by atoms with Gasteiger partial charge in [0.05, 0.1) is 18.0 Å². The molecule has 1 saturated heterocycles.